The summed E-state index contributed by atoms with van der Waals surface area (Å²) in [5.74, 6) is 0. The fourth-order valence-corrected chi connectivity index (χ4v) is 2.46. The van der Waals surface area contributed by atoms with Crippen LogP contribution in [0.5, 0.6) is 0 Å². The number of carbonyl (C=O) groups excluding carboxylic acids is 1. The second kappa shape index (κ2) is 7.71. The summed E-state index contributed by atoms with van der Waals surface area (Å²) >= 11 is 0. The van der Waals surface area contributed by atoms with Gasteiger partial charge >= 0.3 is 12.2 Å². The molecule has 2 heterocycles. The summed E-state index contributed by atoms with van der Waals surface area (Å²) in [5, 5.41) is 8.25. The van der Waals surface area contributed by atoms with Crippen molar-refractivity contribution in [3.05, 3.63) is 53.9 Å². The van der Waals surface area contributed by atoms with Gasteiger partial charge in [0.2, 0.25) is 0 Å². The molecule has 1 atom stereocenters. The molecule has 2 aromatic rings. The Labute approximate surface area is 147 Å². The lowest BCUT2D eigenvalue weighted by Crippen LogP contribution is -2.33. The summed E-state index contributed by atoms with van der Waals surface area (Å²) in [4.78, 5) is 16.2. The quantitative estimate of drug-likeness (QED) is 0.778. The molecule has 1 aromatic heterocycles. The summed E-state index contributed by atoms with van der Waals surface area (Å²) in [6, 6.07) is 7.07. The van der Waals surface area contributed by atoms with Crippen molar-refractivity contribution in [3.63, 3.8) is 0 Å². The SMILES string of the molecule is O=C(Nc1ccc(C(F)(F)F)cc1)Nc1ccc([C@H]2CNCCO2)nc1. The molecule has 2 amide bonds. The molecular formula is C17H17F3N4O2. The van der Waals surface area contributed by atoms with E-state index in [1.165, 1.54) is 18.3 Å². The molecule has 138 valence electrons. The number of benzene rings is 1. The van der Waals surface area contributed by atoms with E-state index in [1.54, 1.807) is 12.1 Å². The number of rotatable bonds is 3. The lowest BCUT2D eigenvalue weighted by atomic mass is 10.2. The Bertz CT molecular complexity index is 742. The van der Waals surface area contributed by atoms with Crippen LogP contribution in [0.1, 0.15) is 17.4 Å². The first-order chi connectivity index (χ1) is 12.4. The highest BCUT2D eigenvalue weighted by Gasteiger charge is 2.30. The predicted molar refractivity (Wildman–Crippen MR) is 89.9 cm³/mol. The molecule has 3 rings (SSSR count). The molecule has 1 fully saturated rings. The maximum Gasteiger partial charge on any atom is 0.416 e. The number of hydrogen-bond donors (Lipinski definition) is 3. The van der Waals surface area contributed by atoms with E-state index in [9.17, 15) is 18.0 Å². The molecule has 1 aliphatic heterocycles. The standard InChI is InChI=1S/C17H17F3N4O2/c18-17(19,20)11-1-3-12(4-2-11)23-16(25)24-13-5-6-14(22-9-13)15-10-21-7-8-26-15/h1-6,9,15,21H,7-8,10H2,(H2,23,24,25)/t15-/m1/s1. The fraction of sp³-hybridized carbons (Fsp3) is 0.294. The first-order valence-electron chi connectivity index (χ1n) is 7.95. The van der Waals surface area contributed by atoms with Crippen LogP contribution in [0, 0.1) is 0 Å². The van der Waals surface area contributed by atoms with Gasteiger partial charge in [0.05, 0.1) is 29.7 Å². The average Bonchev–Trinajstić information content (AvgIpc) is 2.63. The third-order valence-corrected chi connectivity index (χ3v) is 3.77. The number of amides is 2. The molecule has 0 bridgehead atoms. The molecule has 0 aliphatic carbocycles. The molecule has 0 spiro atoms. The first kappa shape index (κ1) is 18.2. The van der Waals surface area contributed by atoms with Crippen LogP contribution >= 0.6 is 0 Å². The first-order valence-corrected chi connectivity index (χ1v) is 7.95. The fourth-order valence-electron chi connectivity index (χ4n) is 2.46. The number of nitrogens with zero attached hydrogens (tertiary/aromatic N) is 1. The second-order valence-corrected chi connectivity index (χ2v) is 5.69. The largest absolute Gasteiger partial charge is 0.416 e. The van der Waals surface area contributed by atoms with Crippen LogP contribution < -0.4 is 16.0 Å². The van der Waals surface area contributed by atoms with Crippen LogP contribution in [0.4, 0.5) is 29.3 Å². The van der Waals surface area contributed by atoms with Crippen molar-refractivity contribution in [2.24, 2.45) is 0 Å². The average molecular weight is 366 g/mol. The molecule has 9 heteroatoms. The van der Waals surface area contributed by atoms with E-state index in [0.29, 0.717) is 18.8 Å². The van der Waals surface area contributed by atoms with E-state index in [1.807, 2.05) is 0 Å². The molecule has 0 saturated carbocycles. The minimum atomic E-state index is -4.41. The van der Waals surface area contributed by atoms with Gasteiger partial charge in [0.25, 0.3) is 0 Å². The molecule has 1 aliphatic rings. The van der Waals surface area contributed by atoms with Crippen LogP contribution in [-0.2, 0) is 10.9 Å². The number of urea groups is 1. The number of morpholine rings is 1. The van der Waals surface area contributed by atoms with Gasteiger partial charge in [-0.2, -0.15) is 13.2 Å². The Hall–Kier alpha value is -2.65. The van der Waals surface area contributed by atoms with E-state index in [4.69, 9.17) is 4.74 Å². The zero-order chi connectivity index (χ0) is 18.6. The molecular weight excluding hydrogens is 349 g/mol. The van der Waals surface area contributed by atoms with Gasteiger partial charge in [-0.25, -0.2) is 4.79 Å². The van der Waals surface area contributed by atoms with Gasteiger partial charge in [0, 0.05) is 18.8 Å². The van der Waals surface area contributed by atoms with Crippen molar-refractivity contribution in [3.8, 4) is 0 Å². The number of hydrogen-bond acceptors (Lipinski definition) is 4. The van der Waals surface area contributed by atoms with Crippen LogP contribution in [0.15, 0.2) is 42.6 Å². The number of halogens is 3. The van der Waals surface area contributed by atoms with Gasteiger partial charge < -0.3 is 20.7 Å². The Kier molecular flexibility index (Phi) is 5.38. The number of anilines is 2. The van der Waals surface area contributed by atoms with Gasteiger partial charge in [0.15, 0.2) is 0 Å². The molecule has 1 saturated heterocycles. The summed E-state index contributed by atoms with van der Waals surface area (Å²) in [6.07, 6.45) is -3.04. The lowest BCUT2D eigenvalue weighted by Gasteiger charge is -2.23. The minimum absolute atomic E-state index is 0.126. The normalized spacial score (nSPS) is 17.6. The van der Waals surface area contributed by atoms with Crippen molar-refractivity contribution in [1.82, 2.24) is 10.3 Å². The Morgan fingerprint density at radius 3 is 2.38 bits per heavy atom. The highest BCUT2D eigenvalue weighted by molar-refractivity contribution is 5.99. The lowest BCUT2D eigenvalue weighted by molar-refractivity contribution is -0.137. The van der Waals surface area contributed by atoms with Gasteiger partial charge in [-0.15, -0.1) is 0 Å². The predicted octanol–water partition coefficient (Wildman–Crippen LogP) is 3.41. The Balaban J connectivity index is 1.56. The van der Waals surface area contributed by atoms with Crippen molar-refractivity contribution in [2.75, 3.05) is 30.3 Å². The molecule has 26 heavy (non-hydrogen) atoms. The maximum absolute atomic E-state index is 12.5. The van der Waals surface area contributed by atoms with Crippen molar-refractivity contribution in [1.29, 1.82) is 0 Å². The summed E-state index contributed by atoms with van der Waals surface area (Å²) in [5.41, 5.74) is 0.692. The molecule has 3 N–H and O–H groups in total. The highest BCUT2D eigenvalue weighted by atomic mass is 19.4. The van der Waals surface area contributed by atoms with Crippen LogP contribution in [-0.4, -0.2) is 30.7 Å². The van der Waals surface area contributed by atoms with Gasteiger partial charge in [-0.05, 0) is 36.4 Å². The second-order valence-electron chi connectivity index (χ2n) is 5.69. The molecule has 6 nitrogen and oxygen atoms in total. The minimum Gasteiger partial charge on any atom is -0.369 e. The van der Waals surface area contributed by atoms with Crippen LogP contribution in [0.3, 0.4) is 0 Å². The number of alkyl halides is 3. The number of ether oxygens (including phenoxy) is 1. The van der Waals surface area contributed by atoms with Gasteiger partial charge in [-0.3, -0.25) is 4.98 Å². The monoisotopic (exact) mass is 366 g/mol. The molecule has 0 unspecified atom stereocenters. The van der Waals surface area contributed by atoms with E-state index in [2.05, 4.69) is 20.9 Å². The van der Waals surface area contributed by atoms with E-state index < -0.39 is 17.8 Å². The van der Waals surface area contributed by atoms with E-state index in [0.717, 1.165) is 24.4 Å². The van der Waals surface area contributed by atoms with Crippen molar-refractivity contribution >= 4 is 17.4 Å². The van der Waals surface area contributed by atoms with E-state index in [-0.39, 0.29) is 11.8 Å². The van der Waals surface area contributed by atoms with Gasteiger partial charge in [-0.1, -0.05) is 0 Å². The van der Waals surface area contributed by atoms with Gasteiger partial charge in [0.1, 0.15) is 6.10 Å². The third-order valence-electron chi connectivity index (χ3n) is 3.77. The number of nitrogens with one attached hydrogen (secondary N) is 3. The Morgan fingerprint density at radius 1 is 1.12 bits per heavy atom. The summed E-state index contributed by atoms with van der Waals surface area (Å²) in [7, 11) is 0. The van der Waals surface area contributed by atoms with Crippen molar-refractivity contribution < 1.29 is 22.7 Å². The summed E-state index contributed by atoms with van der Waals surface area (Å²) in [6.45, 7) is 2.09. The zero-order valence-electron chi connectivity index (χ0n) is 13.6. The number of pyridine rings is 1. The smallest absolute Gasteiger partial charge is 0.369 e. The highest BCUT2D eigenvalue weighted by Crippen LogP contribution is 2.29. The molecule has 0 radical (unpaired) electrons. The zero-order valence-corrected chi connectivity index (χ0v) is 13.6. The van der Waals surface area contributed by atoms with E-state index >= 15 is 0 Å². The van der Waals surface area contributed by atoms with Crippen LogP contribution in [0.2, 0.25) is 0 Å². The summed E-state index contributed by atoms with van der Waals surface area (Å²) < 4.78 is 43.1. The number of aromatic nitrogens is 1. The maximum atomic E-state index is 12.5. The topological polar surface area (TPSA) is 75.3 Å². The van der Waals surface area contributed by atoms with Crippen LogP contribution in [0.25, 0.3) is 0 Å². The Morgan fingerprint density at radius 2 is 1.81 bits per heavy atom. The molecule has 1 aromatic carbocycles. The van der Waals surface area contributed by atoms with Crippen molar-refractivity contribution in [2.45, 2.75) is 12.3 Å². The third kappa shape index (κ3) is 4.70. The number of carbonyl (C=O) groups is 1.